The highest BCUT2D eigenvalue weighted by Crippen LogP contribution is 2.21. The lowest BCUT2D eigenvalue weighted by Crippen LogP contribution is -2.42. The molecule has 120 valence electrons. The number of amides is 1. The van der Waals surface area contributed by atoms with Crippen molar-refractivity contribution in [2.75, 3.05) is 13.1 Å². The van der Waals surface area contributed by atoms with Crippen molar-refractivity contribution in [3.05, 3.63) is 53.1 Å². The normalized spacial score (nSPS) is 15.5. The van der Waals surface area contributed by atoms with Crippen molar-refractivity contribution >= 4 is 17.5 Å². The van der Waals surface area contributed by atoms with Crippen molar-refractivity contribution in [1.29, 1.82) is 0 Å². The molecular formula is C17H18ClN3O2. The molecule has 5 nitrogen and oxygen atoms in total. The summed E-state index contributed by atoms with van der Waals surface area (Å²) >= 11 is 5.87. The van der Waals surface area contributed by atoms with Crippen LogP contribution in [-0.2, 0) is 0 Å². The maximum absolute atomic E-state index is 12.4. The molecule has 1 aromatic heterocycles. The third-order valence-corrected chi connectivity index (χ3v) is 4.09. The standard InChI is InChI=1S/C17H18ClN3O2/c1-12-19-9-6-16(20-12)17(22)21-10-7-15(8-11-21)23-14-4-2-13(18)3-5-14/h2-6,9,15H,7-8,10-11H2,1H3. The maximum atomic E-state index is 12.4. The van der Waals surface area contributed by atoms with Crippen molar-refractivity contribution in [2.45, 2.75) is 25.9 Å². The molecule has 0 bridgehead atoms. The van der Waals surface area contributed by atoms with Gasteiger partial charge in [0.15, 0.2) is 0 Å². The smallest absolute Gasteiger partial charge is 0.272 e. The molecule has 23 heavy (non-hydrogen) atoms. The van der Waals surface area contributed by atoms with Gasteiger partial charge >= 0.3 is 0 Å². The van der Waals surface area contributed by atoms with Gasteiger partial charge in [-0.15, -0.1) is 0 Å². The predicted octanol–water partition coefficient (Wildman–Crippen LogP) is 3.12. The van der Waals surface area contributed by atoms with Crippen LogP contribution in [0.2, 0.25) is 5.02 Å². The van der Waals surface area contributed by atoms with Gasteiger partial charge in [-0.05, 0) is 37.3 Å². The van der Waals surface area contributed by atoms with Gasteiger partial charge in [0.25, 0.3) is 5.91 Å². The van der Waals surface area contributed by atoms with E-state index in [2.05, 4.69) is 9.97 Å². The molecule has 6 heteroatoms. The Hall–Kier alpha value is -2.14. The first kappa shape index (κ1) is 15.7. The highest BCUT2D eigenvalue weighted by molar-refractivity contribution is 6.30. The Morgan fingerprint density at radius 3 is 2.57 bits per heavy atom. The van der Waals surface area contributed by atoms with Crippen LogP contribution >= 0.6 is 11.6 Å². The van der Waals surface area contributed by atoms with E-state index in [9.17, 15) is 4.79 Å². The minimum Gasteiger partial charge on any atom is -0.490 e. The number of hydrogen-bond donors (Lipinski definition) is 0. The quantitative estimate of drug-likeness (QED) is 0.867. The fourth-order valence-corrected chi connectivity index (χ4v) is 2.75. The summed E-state index contributed by atoms with van der Waals surface area (Å²) in [5.74, 6) is 1.38. The first-order valence-corrected chi connectivity index (χ1v) is 8.01. The second-order valence-electron chi connectivity index (χ2n) is 5.55. The molecule has 0 atom stereocenters. The van der Waals surface area contributed by atoms with Crippen molar-refractivity contribution in [2.24, 2.45) is 0 Å². The Balaban J connectivity index is 1.55. The van der Waals surface area contributed by atoms with Gasteiger partial charge in [0.2, 0.25) is 0 Å². The Morgan fingerprint density at radius 1 is 1.22 bits per heavy atom. The topological polar surface area (TPSA) is 55.3 Å². The number of nitrogens with zero attached hydrogens (tertiary/aromatic N) is 3. The van der Waals surface area contributed by atoms with Gasteiger partial charge in [0, 0.05) is 37.2 Å². The summed E-state index contributed by atoms with van der Waals surface area (Å²) in [6, 6.07) is 9.01. The third-order valence-electron chi connectivity index (χ3n) is 3.84. The summed E-state index contributed by atoms with van der Waals surface area (Å²) in [6.07, 6.45) is 3.34. The zero-order chi connectivity index (χ0) is 16.2. The summed E-state index contributed by atoms with van der Waals surface area (Å²) in [5, 5.41) is 0.693. The van der Waals surface area contributed by atoms with Crippen molar-refractivity contribution in [3.8, 4) is 5.75 Å². The van der Waals surface area contributed by atoms with Crippen LogP contribution in [0.1, 0.15) is 29.2 Å². The summed E-state index contributed by atoms with van der Waals surface area (Å²) in [7, 11) is 0. The molecule has 1 aliphatic heterocycles. The predicted molar refractivity (Wildman–Crippen MR) is 87.8 cm³/mol. The van der Waals surface area contributed by atoms with Crippen molar-refractivity contribution in [3.63, 3.8) is 0 Å². The van der Waals surface area contributed by atoms with Crippen molar-refractivity contribution in [1.82, 2.24) is 14.9 Å². The molecule has 0 aliphatic carbocycles. The molecule has 1 aromatic carbocycles. The molecule has 0 radical (unpaired) electrons. The molecule has 0 unspecified atom stereocenters. The molecule has 3 rings (SSSR count). The van der Waals surface area contributed by atoms with Crippen LogP contribution in [0.3, 0.4) is 0 Å². The van der Waals surface area contributed by atoms with Crippen LogP contribution in [-0.4, -0.2) is 40.0 Å². The van der Waals surface area contributed by atoms with E-state index < -0.39 is 0 Å². The highest BCUT2D eigenvalue weighted by Gasteiger charge is 2.25. The van der Waals surface area contributed by atoms with Gasteiger partial charge in [-0.1, -0.05) is 11.6 Å². The maximum Gasteiger partial charge on any atom is 0.272 e. The van der Waals surface area contributed by atoms with Crippen LogP contribution in [0.5, 0.6) is 5.75 Å². The fourth-order valence-electron chi connectivity index (χ4n) is 2.62. The Labute approximate surface area is 140 Å². The second-order valence-corrected chi connectivity index (χ2v) is 5.99. The molecule has 2 heterocycles. The molecule has 1 saturated heterocycles. The van der Waals surface area contributed by atoms with Gasteiger partial charge in [-0.2, -0.15) is 0 Å². The number of piperidine rings is 1. The van der Waals surface area contributed by atoms with Crippen LogP contribution in [0.15, 0.2) is 36.5 Å². The van der Waals surface area contributed by atoms with Crippen LogP contribution in [0.4, 0.5) is 0 Å². The largest absolute Gasteiger partial charge is 0.490 e. The Kier molecular flexibility index (Phi) is 4.76. The number of aromatic nitrogens is 2. The zero-order valence-corrected chi connectivity index (χ0v) is 13.7. The van der Waals surface area contributed by atoms with Gasteiger partial charge in [-0.3, -0.25) is 4.79 Å². The van der Waals surface area contributed by atoms with E-state index in [1.807, 2.05) is 29.2 Å². The molecule has 1 fully saturated rings. The van der Waals surface area contributed by atoms with Crippen LogP contribution in [0.25, 0.3) is 0 Å². The van der Waals surface area contributed by atoms with Gasteiger partial charge in [0.1, 0.15) is 23.4 Å². The first-order valence-electron chi connectivity index (χ1n) is 7.63. The van der Waals surface area contributed by atoms with Crippen LogP contribution in [0, 0.1) is 6.92 Å². The number of aryl methyl sites for hydroxylation is 1. The number of halogens is 1. The van der Waals surface area contributed by atoms with Crippen LogP contribution < -0.4 is 4.74 Å². The molecule has 2 aromatic rings. The van der Waals surface area contributed by atoms with E-state index in [-0.39, 0.29) is 12.0 Å². The van der Waals surface area contributed by atoms with E-state index >= 15 is 0 Å². The summed E-state index contributed by atoms with van der Waals surface area (Å²) in [6.45, 7) is 3.11. The molecule has 1 amide bonds. The molecule has 0 spiro atoms. The SMILES string of the molecule is Cc1nccc(C(=O)N2CCC(Oc3ccc(Cl)cc3)CC2)n1. The molecule has 1 aliphatic rings. The fraction of sp³-hybridized carbons (Fsp3) is 0.353. The number of rotatable bonds is 3. The second kappa shape index (κ2) is 6.96. The number of carbonyl (C=O) groups is 1. The van der Waals surface area contributed by atoms with Gasteiger partial charge in [0.05, 0.1) is 0 Å². The molecular weight excluding hydrogens is 314 g/mol. The average Bonchev–Trinajstić information content (AvgIpc) is 2.57. The minimum absolute atomic E-state index is 0.0413. The lowest BCUT2D eigenvalue weighted by molar-refractivity contribution is 0.0589. The number of ether oxygens (including phenoxy) is 1. The van der Waals surface area contributed by atoms with E-state index in [1.54, 1.807) is 19.2 Å². The van der Waals surface area contributed by atoms with E-state index in [0.717, 1.165) is 18.6 Å². The monoisotopic (exact) mass is 331 g/mol. The van der Waals surface area contributed by atoms with E-state index in [1.165, 1.54) is 0 Å². The Bertz CT molecular complexity index is 682. The van der Waals surface area contributed by atoms with Crippen molar-refractivity contribution < 1.29 is 9.53 Å². The summed E-state index contributed by atoms with van der Waals surface area (Å²) in [4.78, 5) is 22.5. The molecule has 0 N–H and O–H groups in total. The van der Waals surface area contributed by atoms with Gasteiger partial charge < -0.3 is 9.64 Å². The lowest BCUT2D eigenvalue weighted by atomic mass is 10.1. The summed E-state index contributed by atoms with van der Waals surface area (Å²) in [5.41, 5.74) is 0.453. The first-order chi connectivity index (χ1) is 11.1. The Morgan fingerprint density at radius 2 is 1.91 bits per heavy atom. The third kappa shape index (κ3) is 3.99. The minimum atomic E-state index is -0.0413. The zero-order valence-electron chi connectivity index (χ0n) is 12.9. The number of benzene rings is 1. The van der Waals surface area contributed by atoms with E-state index in [0.29, 0.717) is 29.6 Å². The van der Waals surface area contributed by atoms with E-state index in [4.69, 9.17) is 16.3 Å². The lowest BCUT2D eigenvalue weighted by Gasteiger charge is -2.32. The average molecular weight is 332 g/mol. The highest BCUT2D eigenvalue weighted by atomic mass is 35.5. The molecule has 0 saturated carbocycles. The number of likely N-dealkylation sites (tertiary alicyclic amines) is 1. The number of carbonyl (C=O) groups excluding carboxylic acids is 1. The van der Waals surface area contributed by atoms with Gasteiger partial charge in [-0.25, -0.2) is 9.97 Å². The summed E-state index contributed by atoms with van der Waals surface area (Å²) < 4.78 is 5.94. The number of hydrogen-bond acceptors (Lipinski definition) is 4.